The van der Waals surface area contributed by atoms with Crippen LogP contribution in [0.3, 0.4) is 0 Å². The van der Waals surface area contributed by atoms with Crippen LogP contribution in [0.25, 0.3) is 0 Å². The summed E-state index contributed by atoms with van der Waals surface area (Å²) in [5.41, 5.74) is 7.66. The van der Waals surface area contributed by atoms with Gasteiger partial charge in [-0.3, -0.25) is 14.7 Å². The first-order valence-corrected chi connectivity index (χ1v) is 6.53. The molecule has 100 valence electrons. The number of anilines is 1. The first kappa shape index (κ1) is 13.6. The van der Waals surface area contributed by atoms with Gasteiger partial charge in [0.1, 0.15) is 0 Å². The number of nitrogens with one attached hydrogen (secondary N) is 1. The number of aromatic nitrogens is 2. The van der Waals surface area contributed by atoms with Gasteiger partial charge in [-0.15, -0.1) is 0 Å². The zero-order valence-corrected chi connectivity index (χ0v) is 12.2. The molecule has 1 heterocycles. The highest BCUT2D eigenvalue weighted by Crippen LogP contribution is 2.17. The van der Waals surface area contributed by atoms with Crippen molar-refractivity contribution in [2.24, 2.45) is 0 Å². The van der Waals surface area contributed by atoms with E-state index in [-0.39, 0.29) is 17.7 Å². The van der Waals surface area contributed by atoms with Crippen LogP contribution in [-0.4, -0.2) is 9.78 Å². The number of hydrogen-bond donors (Lipinski definition) is 2. The van der Waals surface area contributed by atoms with Gasteiger partial charge in [0.05, 0.1) is 6.54 Å². The largest absolute Gasteiger partial charge is 0.399 e. The number of rotatable bonds is 2. The van der Waals surface area contributed by atoms with E-state index in [4.69, 9.17) is 5.73 Å². The molecular weight excluding hydrogens is 310 g/mol. The van der Waals surface area contributed by atoms with E-state index in [9.17, 15) is 9.59 Å². The van der Waals surface area contributed by atoms with Crippen molar-refractivity contribution in [3.63, 3.8) is 0 Å². The number of halogens is 1. The minimum absolute atomic E-state index is 0.198. The maximum Gasteiger partial charge on any atom is 0.268 e. The van der Waals surface area contributed by atoms with Crippen LogP contribution in [0.5, 0.6) is 0 Å². The van der Waals surface area contributed by atoms with Gasteiger partial charge in [0.2, 0.25) is 0 Å². The molecule has 0 saturated heterocycles. The molecule has 0 bridgehead atoms. The third kappa shape index (κ3) is 2.78. The molecule has 0 amide bonds. The predicted octanol–water partition coefficient (Wildman–Crippen LogP) is 1.55. The van der Waals surface area contributed by atoms with E-state index in [0.717, 1.165) is 10.0 Å². The fourth-order valence-corrected chi connectivity index (χ4v) is 2.41. The molecule has 0 saturated carbocycles. The monoisotopic (exact) mass is 323 g/mol. The fraction of sp³-hybridized carbons (Fsp3) is 0.231. The van der Waals surface area contributed by atoms with Crippen LogP contribution < -0.4 is 16.9 Å². The fourth-order valence-electron chi connectivity index (χ4n) is 1.85. The minimum Gasteiger partial charge on any atom is -0.399 e. The van der Waals surface area contributed by atoms with Gasteiger partial charge in [-0.2, -0.15) is 0 Å². The van der Waals surface area contributed by atoms with Crippen molar-refractivity contribution in [3.8, 4) is 0 Å². The third-order valence-electron chi connectivity index (χ3n) is 3.03. The van der Waals surface area contributed by atoms with Crippen molar-refractivity contribution >= 4 is 21.6 Å². The summed E-state index contributed by atoms with van der Waals surface area (Å²) in [6, 6.07) is 5.40. The highest BCUT2D eigenvalue weighted by atomic mass is 79.9. The molecule has 0 unspecified atom stereocenters. The van der Waals surface area contributed by atoms with Crippen LogP contribution in [0.15, 0.2) is 32.3 Å². The standard InChI is InChI=1S/C13H14BrN3O2/c1-7-8(2)13(19)17(16-12(7)18)6-9-3-10(14)5-11(15)4-9/h3-5H,6,15H2,1-2H3,(H,16,18). The maximum absolute atomic E-state index is 12.1. The van der Waals surface area contributed by atoms with Crippen LogP contribution in [-0.2, 0) is 6.54 Å². The molecule has 0 spiro atoms. The Kier molecular flexibility index (Phi) is 3.61. The van der Waals surface area contributed by atoms with Gasteiger partial charge in [0, 0.05) is 21.3 Å². The number of benzene rings is 1. The Bertz CT molecular complexity index is 726. The van der Waals surface area contributed by atoms with E-state index in [1.807, 2.05) is 6.07 Å². The quantitative estimate of drug-likeness (QED) is 0.823. The summed E-state index contributed by atoms with van der Waals surface area (Å²) >= 11 is 3.35. The smallest absolute Gasteiger partial charge is 0.268 e. The average molecular weight is 324 g/mol. The van der Waals surface area contributed by atoms with Crippen molar-refractivity contribution in [2.45, 2.75) is 20.4 Å². The number of nitrogens with two attached hydrogens (primary N) is 1. The molecule has 0 aliphatic heterocycles. The lowest BCUT2D eigenvalue weighted by molar-refractivity contribution is 0.618. The minimum atomic E-state index is -0.250. The van der Waals surface area contributed by atoms with Crippen molar-refractivity contribution in [1.82, 2.24) is 9.78 Å². The van der Waals surface area contributed by atoms with Gasteiger partial charge in [-0.05, 0) is 37.6 Å². The highest BCUT2D eigenvalue weighted by molar-refractivity contribution is 9.10. The topological polar surface area (TPSA) is 80.9 Å². The molecular formula is C13H14BrN3O2. The summed E-state index contributed by atoms with van der Waals surface area (Å²) in [5.74, 6) is 0. The van der Waals surface area contributed by atoms with Gasteiger partial charge in [-0.25, -0.2) is 4.68 Å². The Labute approximate surface area is 118 Å². The second kappa shape index (κ2) is 5.05. The Morgan fingerprint density at radius 2 is 1.89 bits per heavy atom. The highest BCUT2D eigenvalue weighted by Gasteiger charge is 2.08. The maximum atomic E-state index is 12.1. The van der Waals surface area contributed by atoms with Crippen molar-refractivity contribution < 1.29 is 0 Å². The summed E-state index contributed by atoms with van der Waals surface area (Å²) in [7, 11) is 0. The second-order valence-electron chi connectivity index (χ2n) is 4.48. The summed E-state index contributed by atoms with van der Waals surface area (Å²) in [6.45, 7) is 3.56. The van der Waals surface area contributed by atoms with Crippen LogP contribution in [0, 0.1) is 13.8 Å². The molecule has 2 aromatic rings. The number of aromatic amines is 1. The zero-order chi connectivity index (χ0) is 14.2. The van der Waals surface area contributed by atoms with Crippen LogP contribution in [0.1, 0.15) is 16.7 Å². The Morgan fingerprint density at radius 1 is 1.21 bits per heavy atom. The normalized spacial score (nSPS) is 10.7. The molecule has 0 aliphatic carbocycles. The molecule has 19 heavy (non-hydrogen) atoms. The summed E-state index contributed by atoms with van der Waals surface area (Å²) in [4.78, 5) is 23.8. The van der Waals surface area contributed by atoms with Gasteiger partial charge in [0.15, 0.2) is 0 Å². The van der Waals surface area contributed by atoms with Gasteiger partial charge in [0.25, 0.3) is 11.1 Å². The Hall–Kier alpha value is -1.82. The lowest BCUT2D eigenvalue weighted by atomic mass is 10.2. The zero-order valence-electron chi connectivity index (χ0n) is 10.7. The molecule has 0 atom stereocenters. The molecule has 1 aromatic carbocycles. The van der Waals surface area contributed by atoms with Crippen molar-refractivity contribution in [2.75, 3.05) is 5.73 Å². The van der Waals surface area contributed by atoms with Gasteiger partial charge < -0.3 is 5.73 Å². The molecule has 2 rings (SSSR count). The van der Waals surface area contributed by atoms with Crippen molar-refractivity contribution in [3.05, 3.63) is 60.1 Å². The summed E-state index contributed by atoms with van der Waals surface area (Å²) in [5, 5.41) is 2.56. The molecule has 6 heteroatoms. The van der Waals surface area contributed by atoms with Gasteiger partial charge >= 0.3 is 0 Å². The Morgan fingerprint density at radius 3 is 2.53 bits per heavy atom. The van der Waals surface area contributed by atoms with Crippen molar-refractivity contribution in [1.29, 1.82) is 0 Å². The lowest BCUT2D eigenvalue weighted by Gasteiger charge is -2.09. The molecule has 0 aliphatic rings. The van der Waals surface area contributed by atoms with E-state index in [2.05, 4.69) is 21.0 Å². The summed E-state index contributed by atoms with van der Waals surface area (Å²) in [6.07, 6.45) is 0. The molecule has 1 aromatic heterocycles. The van der Waals surface area contributed by atoms with Crippen LogP contribution in [0.4, 0.5) is 5.69 Å². The average Bonchev–Trinajstić information content (AvgIpc) is 2.32. The first-order chi connectivity index (χ1) is 8.88. The molecule has 0 fully saturated rings. The van der Waals surface area contributed by atoms with Crippen LogP contribution >= 0.6 is 15.9 Å². The molecule has 3 N–H and O–H groups in total. The van der Waals surface area contributed by atoms with E-state index in [1.54, 1.807) is 26.0 Å². The second-order valence-corrected chi connectivity index (χ2v) is 5.39. The van der Waals surface area contributed by atoms with E-state index in [0.29, 0.717) is 16.8 Å². The number of nitrogens with zero attached hydrogens (tertiary/aromatic N) is 1. The van der Waals surface area contributed by atoms with E-state index in [1.165, 1.54) is 4.68 Å². The number of H-pyrrole nitrogens is 1. The molecule has 0 radical (unpaired) electrons. The van der Waals surface area contributed by atoms with E-state index >= 15 is 0 Å². The predicted molar refractivity (Wildman–Crippen MR) is 78.5 cm³/mol. The number of hydrogen-bond acceptors (Lipinski definition) is 3. The number of nitrogen functional groups attached to an aromatic ring is 1. The SMILES string of the molecule is Cc1c(C)c(=O)n(Cc2cc(N)cc(Br)c2)[nH]c1=O. The lowest BCUT2D eigenvalue weighted by Crippen LogP contribution is -2.33. The first-order valence-electron chi connectivity index (χ1n) is 5.73. The van der Waals surface area contributed by atoms with Crippen LogP contribution in [0.2, 0.25) is 0 Å². The Balaban J connectivity index is 2.50. The third-order valence-corrected chi connectivity index (χ3v) is 3.48. The summed E-state index contributed by atoms with van der Waals surface area (Å²) < 4.78 is 2.13. The van der Waals surface area contributed by atoms with E-state index < -0.39 is 0 Å². The van der Waals surface area contributed by atoms with Gasteiger partial charge in [-0.1, -0.05) is 15.9 Å². The molecule has 5 nitrogen and oxygen atoms in total.